The highest BCUT2D eigenvalue weighted by Gasteiger charge is 2.03. The maximum absolute atomic E-state index is 8.90. The molecule has 0 unspecified atom stereocenters. The van der Waals surface area contributed by atoms with E-state index in [1.807, 2.05) is 19.1 Å². The van der Waals surface area contributed by atoms with Crippen LogP contribution in [0.5, 0.6) is 0 Å². The molecule has 0 aliphatic carbocycles. The van der Waals surface area contributed by atoms with E-state index in [0.717, 1.165) is 11.3 Å². The molecule has 4 nitrogen and oxygen atoms in total. The van der Waals surface area contributed by atoms with E-state index in [9.17, 15) is 0 Å². The molecule has 14 heavy (non-hydrogen) atoms. The molecule has 0 spiro atoms. The Kier molecular flexibility index (Phi) is 1.99. The van der Waals surface area contributed by atoms with Crippen molar-refractivity contribution >= 4 is 0 Å². The van der Waals surface area contributed by atoms with E-state index in [1.165, 1.54) is 0 Å². The second-order valence-electron chi connectivity index (χ2n) is 3.00. The highest BCUT2D eigenvalue weighted by molar-refractivity contribution is 5.50. The van der Waals surface area contributed by atoms with Gasteiger partial charge in [-0.05, 0) is 24.6 Å². The molecule has 0 aliphatic heterocycles. The van der Waals surface area contributed by atoms with Gasteiger partial charge in [0, 0.05) is 0 Å². The van der Waals surface area contributed by atoms with Crippen molar-refractivity contribution in [3.8, 4) is 11.8 Å². The SMILES string of the molecule is Cc1ccc(C#N)c(-n2cnnc2)c1. The Morgan fingerprint density at radius 2 is 2.00 bits per heavy atom. The molecule has 0 saturated heterocycles. The number of hydrogen-bond donors (Lipinski definition) is 0. The number of nitrogens with zero attached hydrogens (tertiary/aromatic N) is 4. The van der Waals surface area contributed by atoms with Gasteiger partial charge >= 0.3 is 0 Å². The van der Waals surface area contributed by atoms with Crippen LogP contribution in [-0.4, -0.2) is 14.8 Å². The summed E-state index contributed by atoms with van der Waals surface area (Å²) in [7, 11) is 0. The van der Waals surface area contributed by atoms with Crippen LogP contribution in [0.2, 0.25) is 0 Å². The number of hydrogen-bond acceptors (Lipinski definition) is 3. The average molecular weight is 184 g/mol. The monoisotopic (exact) mass is 184 g/mol. The predicted octanol–water partition coefficient (Wildman–Crippen LogP) is 1.45. The fourth-order valence-electron chi connectivity index (χ4n) is 1.27. The second kappa shape index (κ2) is 3.30. The molecule has 68 valence electrons. The zero-order chi connectivity index (χ0) is 9.97. The predicted molar refractivity (Wildman–Crippen MR) is 50.8 cm³/mol. The molecule has 0 amide bonds. The lowest BCUT2D eigenvalue weighted by Gasteiger charge is -2.04. The molecule has 1 heterocycles. The minimum absolute atomic E-state index is 0.621. The van der Waals surface area contributed by atoms with Crippen LogP contribution < -0.4 is 0 Å². The first-order chi connectivity index (χ1) is 6.81. The lowest BCUT2D eigenvalue weighted by molar-refractivity contribution is 1.04. The van der Waals surface area contributed by atoms with Crippen LogP contribution in [0.25, 0.3) is 5.69 Å². The number of nitriles is 1. The molecule has 0 saturated carbocycles. The van der Waals surface area contributed by atoms with Crippen molar-refractivity contribution in [2.45, 2.75) is 6.92 Å². The van der Waals surface area contributed by atoms with Crippen LogP contribution in [-0.2, 0) is 0 Å². The van der Waals surface area contributed by atoms with Gasteiger partial charge < -0.3 is 0 Å². The zero-order valence-corrected chi connectivity index (χ0v) is 7.68. The lowest BCUT2D eigenvalue weighted by Crippen LogP contribution is -1.94. The van der Waals surface area contributed by atoms with Crippen molar-refractivity contribution in [2.24, 2.45) is 0 Å². The largest absolute Gasteiger partial charge is 0.287 e. The molecule has 1 aromatic heterocycles. The fraction of sp³-hybridized carbons (Fsp3) is 0.100. The van der Waals surface area contributed by atoms with Gasteiger partial charge in [-0.1, -0.05) is 6.07 Å². The zero-order valence-electron chi connectivity index (χ0n) is 7.68. The Balaban J connectivity index is 2.63. The van der Waals surface area contributed by atoms with Crippen molar-refractivity contribution in [3.63, 3.8) is 0 Å². The van der Waals surface area contributed by atoms with Gasteiger partial charge in [-0.3, -0.25) is 4.57 Å². The Bertz CT molecular complexity index is 479. The first-order valence-electron chi connectivity index (χ1n) is 4.17. The maximum atomic E-state index is 8.90. The second-order valence-corrected chi connectivity index (χ2v) is 3.00. The van der Waals surface area contributed by atoms with Crippen molar-refractivity contribution in [2.75, 3.05) is 0 Å². The van der Waals surface area contributed by atoms with E-state index in [1.54, 1.807) is 23.3 Å². The molecule has 0 aliphatic rings. The third kappa shape index (κ3) is 1.36. The molecule has 0 fully saturated rings. The van der Waals surface area contributed by atoms with Crippen LogP contribution in [0.15, 0.2) is 30.9 Å². The Morgan fingerprint density at radius 1 is 1.29 bits per heavy atom. The first-order valence-corrected chi connectivity index (χ1v) is 4.17. The molecule has 4 heteroatoms. The molecule has 0 bridgehead atoms. The number of rotatable bonds is 1. The minimum atomic E-state index is 0.621. The summed E-state index contributed by atoms with van der Waals surface area (Å²) < 4.78 is 1.73. The lowest BCUT2D eigenvalue weighted by atomic mass is 10.1. The molecule has 1 aromatic carbocycles. The summed E-state index contributed by atoms with van der Waals surface area (Å²) in [5.41, 5.74) is 2.54. The van der Waals surface area contributed by atoms with Gasteiger partial charge in [-0.25, -0.2) is 0 Å². The topological polar surface area (TPSA) is 54.5 Å². The highest BCUT2D eigenvalue weighted by atomic mass is 15.2. The summed E-state index contributed by atoms with van der Waals surface area (Å²) in [5, 5.41) is 16.3. The molecule has 2 aromatic rings. The van der Waals surface area contributed by atoms with Gasteiger partial charge in [0.2, 0.25) is 0 Å². The quantitative estimate of drug-likeness (QED) is 0.674. The first kappa shape index (κ1) is 8.45. The van der Waals surface area contributed by atoms with Crippen LogP contribution in [0.4, 0.5) is 0 Å². The van der Waals surface area contributed by atoms with Gasteiger partial charge in [-0.2, -0.15) is 5.26 Å². The van der Waals surface area contributed by atoms with Crippen molar-refractivity contribution < 1.29 is 0 Å². The molecular weight excluding hydrogens is 176 g/mol. The summed E-state index contributed by atoms with van der Waals surface area (Å²) in [6.45, 7) is 1.98. The van der Waals surface area contributed by atoms with E-state index >= 15 is 0 Å². The van der Waals surface area contributed by atoms with E-state index in [4.69, 9.17) is 5.26 Å². The van der Waals surface area contributed by atoms with Gasteiger partial charge in [-0.15, -0.1) is 10.2 Å². The fourth-order valence-corrected chi connectivity index (χ4v) is 1.27. The van der Waals surface area contributed by atoms with Gasteiger partial charge in [0.25, 0.3) is 0 Å². The molecule has 0 radical (unpaired) electrons. The molecule has 0 N–H and O–H groups in total. The number of aryl methyl sites for hydroxylation is 1. The van der Waals surface area contributed by atoms with Gasteiger partial charge in [0.05, 0.1) is 11.3 Å². The third-order valence-electron chi connectivity index (χ3n) is 1.97. The third-order valence-corrected chi connectivity index (χ3v) is 1.97. The van der Waals surface area contributed by atoms with E-state index in [2.05, 4.69) is 16.3 Å². The number of benzene rings is 1. The van der Waals surface area contributed by atoms with Crippen LogP contribution in [0, 0.1) is 18.3 Å². The van der Waals surface area contributed by atoms with Crippen LogP contribution in [0.1, 0.15) is 11.1 Å². The standard InChI is InChI=1S/C10H8N4/c1-8-2-3-9(5-11)10(4-8)14-6-12-13-7-14/h2-4,6-7H,1H3. The molecule has 2 rings (SSSR count). The van der Waals surface area contributed by atoms with Crippen molar-refractivity contribution in [1.82, 2.24) is 14.8 Å². The Morgan fingerprint density at radius 3 is 2.64 bits per heavy atom. The normalized spacial score (nSPS) is 9.71. The van der Waals surface area contributed by atoms with Crippen LogP contribution >= 0.6 is 0 Å². The highest BCUT2D eigenvalue weighted by Crippen LogP contribution is 2.14. The number of aromatic nitrogens is 3. The van der Waals surface area contributed by atoms with E-state index < -0.39 is 0 Å². The van der Waals surface area contributed by atoms with Gasteiger partial charge in [0.1, 0.15) is 18.7 Å². The van der Waals surface area contributed by atoms with Crippen molar-refractivity contribution in [3.05, 3.63) is 42.0 Å². The van der Waals surface area contributed by atoms with E-state index in [-0.39, 0.29) is 0 Å². The molecular formula is C10H8N4. The summed E-state index contributed by atoms with van der Waals surface area (Å²) in [4.78, 5) is 0. The van der Waals surface area contributed by atoms with Crippen LogP contribution in [0.3, 0.4) is 0 Å². The van der Waals surface area contributed by atoms with E-state index in [0.29, 0.717) is 5.56 Å². The summed E-state index contributed by atoms with van der Waals surface area (Å²) in [6.07, 6.45) is 3.16. The summed E-state index contributed by atoms with van der Waals surface area (Å²) in [5.74, 6) is 0. The Hall–Kier alpha value is -2.15. The average Bonchev–Trinajstić information content (AvgIpc) is 2.70. The van der Waals surface area contributed by atoms with Crippen molar-refractivity contribution in [1.29, 1.82) is 5.26 Å². The smallest absolute Gasteiger partial charge is 0.123 e. The molecule has 0 atom stereocenters. The minimum Gasteiger partial charge on any atom is -0.287 e. The Labute approximate surface area is 81.4 Å². The summed E-state index contributed by atoms with van der Waals surface area (Å²) >= 11 is 0. The maximum Gasteiger partial charge on any atom is 0.123 e. The van der Waals surface area contributed by atoms with Gasteiger partial charge in [0.15, 0.2) is 0 Å². The summed E-state index contributed by atoms with van der Waals surface area (Å²) in [6, 6.07) is 7.77.